The molecule has 6 heteroatoms. The fourth-order valence-electron chi connectivity index (χ4n) is 4.84. The second kappa shape index (κ2) is 10.3. The van der Waals surface area contributed by atoms with E-state index in [1.54, 1.807) is 7.11 Å². The van der Waals surface area contributed by atoms with Crippen molar-refractivity contribution in [2.45, 2.75) is 32.9 Å². The lowest BCUT2D eigenvalue weighted by atomic mass is 9.95. The first-order valence-electron chi connectivity index (χ1n) is 12.3. The minimum atomic E-state index is 0.0453. The number of methoxy groups -OCH3 is 1. The van der Waals surface area contributed by atoms with Crippen LogP contribution >= 0.6 is 0 Å². The number of piperidine rings is 1. The first kappa shape index (κ1) is 23.1. The molecule has 35 heavy (non-hydrogen) atoms. The van der Waals surface area contributed by atoms with E-state index in [-0.39, 0.29) is 11.8 Å². The molecule has 0 atom stereocenters. The van der Waals surface area contributed by atoms with Crippen LogP contribution in [-0.2, 0) is 17.9 Å². The van der Waals surface area contributed by atoms with E-state index in [1.165, 1.54) is 5.56 Å². The van der Waals surface area contributed by atoms with Gasteiger partial charge in [0.15, 0.2) is 0 Å². The molecule has 0 spiro atoms. The number of ether oxygens (including phenoxy) is 1. The minimum Gasteiger partial charge on any atom is -0.497 e. The first-order valence-corrected chi connectivity index (χ1v) is 12.3. The number of carbonyl (C=O) groups is 1. The Morgan fingerprint density at radius 1 is 0.971 bits per heavy atom. The minimum absolute atomic E-state index is 0.0453. The van der Waals surface area contributed by atoms with Crippen LogP contribution in [0.5, 0.6) is 5.75 Å². The van der Waals surface area contributed by atoms with Crippen LogP contribution in [0.4, 0.5) is 5.69 Å². The van der Waals surface area contributed by atoms with E-state index in [2.05, 4.69) is 45.1 Å². The molecule has 1 aliphatic rings. The summed E-state index contributed by atoms with van der Waals surface area (Å²) in [5, 5.41) is 3.12. The van der Waals surface area contributed by atoms with Gasteiger partial charge in [0, 0.05) is 18.2 Å². The van der Waals surface area contributed by atoms with Gasteiger partial charge in [0.1, 0.15) is 11.6 Å². The van der Waals surface area contributed by atoms with Gasteiger partial charge in [-0.05, 0) is 74.3 Å². The molecule has 0 aliphatic carbocycles. The Bertz CT molecular complexity index is 1300. The number of likely N-dealkylation sites (tertiary alicyclic amines) is 1. The van der Waals surface area contributed by atoms with Crippen LogP contribution in [0.3, 0.4) is 0 Å². The summed E-state index contributed by atoms with van der Waals surface area (Å²) in [5.74, 6) is 2.10. The highest BCUT2D eigenvalue weighted by molar-refractivity contribution is 5.93. The normalized spacial score (nSPS) is 14.8. The van der Waals surface area contributed by atoms with Crippen molar-refractivity contribution in [3.8, 4) is 5.75 Å². The van der Waals surface area contributed by atoms with E-state index in [4.69, 9.17) is 9.72 Å². The predicted octanol–water partition coefficient (Wildman–Crippen LogP) is 5.25. The average molecular weight is 469 g/mol. The highest BCUT2D eigenvalue weighted by Gasteiger charge is 2.26. The zero-order valence-electron chi connectivity index (χ0n) is 20.4. The van der Waals surface area contributed by atoms with Crippen LogP contribution in [-0.4, -0.2) is 40.6 Å². The highest BCUT2D eigenvalue weighted by Crippen LogP contribution is 2.24. The first-order chi connectivity index (χ1) is 17.1. The number of nitrogens with one attached hydrogen (secondary N) is 1. The molecule has 2 heterocycles. The van der Waals surface area contributed by atoms with Crippen molar-refractivity contribution in [2.75, 3.05) is 25.5 Å². The van der Waals surface area contributed by atoms with Gasteiger partial charge in [-0.2, -0.15) is 0 Å². The summed E-state index contributed by atoms with van der Waals surface area (Å²) in [6, 6.07) is 24.5. The fourth-order valence-corrected chi connectivity index (χ4v) is 4.84. The van der Waals surface area contributed by atoms with Gasteiger partial charge in [0.25, 0.3) is 0 Å². The summed E-state index contributed by atoms with van der Waals surface area (Å²) in [4.78, 5) is 20.2. The lowest BCUT2D eigenvalue weighted by Crippen LogP contribution is -2.38. The molecule has 1 saturated heterocycles. The molecular formula is C29H32N4O2. The van der Waals surface area contributed by atoms with Crippen LogP contribution in [0.2, 0.25) is 0 Å². The Kier molecular flexibility index (Phi) is 6.82. The van der Waals surface area contributed by atoms with Crippen LogP contribution in [0.1, 0.15) is 29.8 Å². The van der Waals surface area contributed by atoms with E-state index in [1.807, 2.05) is 49.4 Å². The van der Waals surface area contributed by atoms with Crippen molar-refractivity contribution >= 4 is 22.6 Å². The third-order valence-corrected chi connectivity index (χ3v) is 6.96. The summed E-state index contributed by atoms with van der Waals surface area (Å²) in [5.41, 5.74) is 5.37. The number of hydrogen-bond acceptors (Lipinski definition) is 4. The smallest absolute Gasteiger partial charge is 0.227 e. The predicted molar refractivity (Wildman–Crippen MR) is 140 cm³/mol. The number of benzene rings is 3. The van der Waals surface area contributed by atoms with Crippen LogP contribution in [0.15, 0.2) is 72.8 Å². The molecule has 0 saturated carbocycles. The summed E-state index contributed by atoms with van der Waals surface area (Å²) in [7, 11) is 1.69. The van der Waals surface area contributed by atoms with Crippen LogP contribution in [0.25, 0.3) is 11.0 Å². The molecule has 1 fully saturated rings. The number of aromatic nitrogens is 2. The Morgan fingerprint density at radius 2 is 1.69 bits per heavy atom. The Balaban J connectivity index is 1.26. The van der Waals surface area contributed by atoms with Crippen LogP contribution in [0, 0.1) is 12.8 Å². The van der Waals surface area contributed by atoms with Crippen molar-refractivity contribution in [1.29, 1.82) is 0 Å². The second-order valence-corrected chi connectivity index (χ2v) is 9.31. The molecule has 6 nitrogen and oxygen atoms in total. The van der Waals surface area contributed by atoms with Gasteiger partial charge < -0.3 is 14.6 Å². The van der Waals surface area contributed by atoms with Gasteiger partial charge >= 0.3 is 0 Å². The van der Waals surface area contributed by atoms with Gasteiger partial charge in [-0.25, -0.2) is 4.98 Å². The molecule has 180 valence electrons. The molecule has 5 rings (SSSR count). The number of fused-ring (bicyclic) bond motifs is 1. The Hall–Kier alpha value is -3.64. The van der Waals surface area contributed by atoms with Crippen molar-refractivity contribution in [3.05, 3.63) is 89.7 Å². The van der Waals surface area contributed by atoms with Crippen molar-refractivity contribution in [1.82, 2.24) is 14.5 Å². The number of carbonyl (C=O) groups excluding carboxylic acids is 1. The molecule has 3 aromatic carbocycles. The maximum Gasteiger partial charge on any atom is 0.227 e. The SMILES string of the molecule is COc1ccc(Cn2c(CN3CCC(C(=O)Nc4ccccc4C)CC3)nc3ccccc32)cc1. The third kappa shape index (κ3) is 5.23. The molecule has 1 aliphatic heterocycles. The molecule has 0 bridgehead atoms. The van der Waals surface area contributed by atoms with Gasteiger partial charge in [-0.3, -0.25) is 9.69 Å². The van der Waals surface area contributed by atoms with Crippen molar-refractivity contribution in [3.63, 3.8) is 0 Å². The zero-order valence-corrected chi connectivity index (χ0v) is 20.4. The molecular weight excluding hydrogens is 436 g/mol. The summed E-state index contributed by atoms with van der Waals surface area (Å²) < 4.78 is 7.62. The Labute approximate surface area is 206 Å². The maximum atomic E-state index is 12.9. The van der Waals surface area contributed by atoms with E-state index in [9.17, 15) is 4.79 Å². The largest absolute Gasteiger partial charge is 0.497 e. The quantitative estimate of drug-likeness (QED) is 0.402. The molecule has 4 aromatic rings. The van der Waals surface area contributed by atoms with E-state index in [0.29, 0.717) is 0 Å². The van der Waals surface area contributed by atoms with E-state index >= 15 is 0 Å². The Morgan fingerprint density at radius 3 is 2.43 bits per heavy atom. The summed E-state index contributed by atoms with van der Waals surface area (Å²) >= 11 is 0. The lowest BCUT2D eigenvalue weighted by molar-refractivity contribution is -0.121. The zero-order chi connectivity index (χ0) is 24.2. The molecule has 1 amide bonds. The number of para-hydroxylation sites is 3. The maximum absolute atomic E-state index is 12.9. The van der Waals surface area contributed by atoms with Gasteiger partial charge in [-0.1, -0.05) is 42.5 Å². The molecule has 0 radical (unpaired) electrons. The molecule has 1 N–H and O–H groups in total. The van der Waals surface area contributed by atoms with Crippen LogP contribution < -0.4 is 10.1 Å². The number of anilines is 1. The fraction of sp³-hybridized carbons (Fsp3) is 0.310. The highest BCUT2D eigenvalue weighted by atomic mass is 16.5. The average Bonchev–Trinajstić information content (AvgIpc) is 3.23. The number of aryl methyl sites for hydroxylation is 1. The van der Waals surface area contributed by atoms with Gasteiger partial charge in [-0.15, -0.1) is 0 Å². The summed E-state index contributed by atoms with van der Waals surface area (Å²) in [6.07, 6.45) is 1.72. The van der Waals surface area contributed by atoms with E-state index < -0.39 is 0 Å². The second-order valence-electron chi connectivity index (χ2n) is 9.31. The topological polar surface area (TPSA) is 59.4 Å². The molecule has 1 aromatic heterocycles. The van der Waals surface area contributed by atoms with E-state index in [0.717, 1.165) is 72.9 Å². The standard InChI is InChI=1S/C29H32N4O2/c1-21-7-3-4-8-25(21)31-29(34)23-15-17-32(18-16-23)20-28-30-26-9-5-6-10-27(26)33(28)19-22-11-13-24(35-2)14-12-22/h3-14,23H,15-20H2,1-2H3,(H,31,34). The number of amides is 1. The van der Waals surface area contributed by atoms with Crippen molar-refractivity contribution in [2.24, 2.45) is 5.92 Å². The number of rotatable bonds is 7. The number of hydrogen-bond donors (Lipinski definition) is 1. The number of nitrogens with zero attached hydrogens (tertiary/aromatic N) is 3. The van der Waals surface area contributed by atoms with Gasteiger partial charge in [0.2, 0.25) is 5.91 Å². The third-order valence-electron chi connectivity index (χ3n) is 6.96. The monoisotopic (exact) mass is 468 g/mol. The van der Waals surface area contributed by atoms with Gasteiger partial charge in [0.05, 0.1) is 24.7 Å². The summed E-state index contributed by atoms with van der Waals surface area (Å²) in [6.45, 7) is 5.33. The molecule has 0 unspecified atom stereocenters. The lowest BCUT2D eigenvalue weighted by Gasteiger charge is -2.31. The number of imidazole rings is 1. The van der Waals surface area contributed by atoms with Crippen molar-refractivity contribution < 1.29 is 9.53 Å².